The van der Waals surface area contributed by atoms with Crippen LogP contribution in [-0.4, -0.2) is 13.6 Å². The first-order valence-corrected chi connectivity index (χ1v) is 2.47. The summed E-state index contributed by atoms with van der Waals surface area (Å²) in [5, 5.41) is 3.74. The fourth-order valence-corrected chi connectivity index (χ4v) is 0. The second-order valence-corrected chi connectivity index (χ2v) is 0.632. The predicted octanol–water partition coefficient (Wildman–Crippen LogP) is -0.960. The summed E-state index contributed by atoms with van der Waals surface area (Å²) in [4.78, 5) is 0. The summed E-state index contributed by atoms with van der Waals surface area (Å²) in [6.45, 7) is 6.96. The van der Waals surface area contributed by atoms with E-state index in [1.54, 1.807) is 7.05 Å². The maximum absolute atomic E-state index is 3.74. The molecule has 2 heteroatoms. The molecule has 0 aliphatic rings. The Kier molecular flexibility index (Phi) is 57.8. The Morgan fingerprint density at radius 2 is 1.43 bits per heavy atom. The van der Waals surface area contributed by atoms with Crippen molar-refractivity contribution < 1.29 is 51.4 Å². The molecule has 0 N–H and O–H groups in total. The quantitative estimate of drug-likeness (QED) is 0.403. The number of hydrogen-bond acceptors (Lipinski definition) is 0. The Bertz CT molecular complexity index is 10.0. The molecule has 0 aliphatic carbocycles. The summed E-state index contributed by atoms with van der Waals surface area (Å²) < 4.78 is 0. The summed E-state index contributed by atoms with van der Waals surface area (Å²) in [5.41, 5.74) is 0. The number of nitrogens with zero attached hydrogens (tertiary/aromatic N) is 1. The number of rotatable bonds is 1. The van der Waals surface area contributed by atoms with Gasteiger partial charge in [0.2, 0.25) is 0 Å². The van der Waals surface area contributed by atoms with Crippen molar-refractivity contribution in [3.8, 4) is 0 Å². The van der Waals surface area contributed by atoms with Crippen LogP contribution in [0, 0.1) is 0 Å². The predicted molar refractivity (Wildman–Crippen MR) is 31.2 cm³/mol. The van der Waals surface area contributed by atoms with Gasteiger partial charge in [0.25, 0.3) is 0 Å². The van der Waals surface area contributed by atoms with Gasteiger partial charge in [-0.1, -0.05) is 20.8 Å². The van der Waals surface area contributed by atoms with E-state index in [-0.39, 0.29) is 51.4 Å². The van der Waals surface area contributed by atoms with Crippen molar-refractivity contribution in [3.63, 3.8) is 0 Å². The molecule has 0 aliphatic heterocycles. The van der Waals surface area contributed by atoms with Gasteiger partial charge in [0, 0.05) is 0 Å². The molecule has 0 rings (SSSR count). The fraction of sp³-hybridized carbons (Fsp3) is 1.00. The standard InChI is InChI=1S/C3H8N.C2H6.K/c1-3-4-2;1-2;/h3H2,1-2H3;1-2H3;/q-1;;+1. The van der Waals surface area contributed by atoms with E-state index in [9.17, 15) is 0 Å². The van der Waals surface area contributed by atoms with Crippen LogP contribution in [0.1, 0.15) is 20.8 Å². The van der Waals surface area contributed by atoms with E-state index < -0.39 is 0 Å². The van der Waals surface area contributed by atoms with Crippen molar-refractivity contribution in [1.82, 2.24) is 0 Å². The first kappa shape index (κ1) is 15.8. The molecule has 1 nitrogen and oxygen atoms in total. The Morgan fingerprint density at radius 1 is 1.29 bits per heavy atom. The van der Waals surface area contributed by atoms with Gasteiger partial charge in [-0.15, -0.1) is 0 Å². The summed E-state index contributed by atoms with van der Waals surface area (Å²) >= 11 is 0. The molecule has 0 aromatic carbocycles. The van der Waals surface area contributed by atoms with E-state index in [0.29, 0.717) is 0 Å². The average molecular weight is 127 g/mol. The second kappa shape index (κ2) is 25.6. The fourth-order valence-electron chi connectivity index (χ4n) is 0. The van der Waals surface area contributed by atoms with Crippen molar-refractivity contribution in [2.24, 2.45) is 0 Å². The molecule has 40 valence electrons. The molecule has 0 fully saturated rings. The topological polar surface area (TPSA) is 14.1 Å². The largest absolute Gasteiger partial charge is 1.00 e. The van der Waals surface area contributed by atoms with Crippen molar-refractivity contribution in [1.29, 1.82) is 0 Å². The van der Waals surface area contributed by atoms with Crippen LogP contribution in [0.3, 0.4) is 0 Å². The van der Waals surface area contributed by atoms with Crippen LogP contribution in [0.5, 0.6) is 0 Å². The van der Waals surface area contributed by atoms with Crippen LogP contribution in [0.15, 0.2) is 0 Å². The van der Waals surface area contributed by atoms with E-state index in [1.165, 1.54) is 0 Å². The maximum atomic E-state index is 3.74. The molecule has 0 atom stereocenters. The Hall–Kier alpha value is 1.60. The molecule has 0 unspecified atom stereocenters. The molecule has 0 saturated heterocycles. The van der Waals surface area contributed by atoms with E-state index in [0.717, 1.165) is 6.54 Å². The average Bonchev–Trinajstić information content (AvgIpc) is 1.72. The third-order valence-corrected chi connectivity index (χ3v) is 0.316. The summed E-state index contributed by atoms with van der Waals surface area (Å²) in [7, 11) is 1.81. The van der Waals surface area contributed by atoms with Crippen LogP contribution >= 0.6 is 0 Å². The molecular formula is C5H14KN. The van der Waals surface area contributed by atoms with Crippen molar-refractivity contribution >= 4 is 0 Å². The molecule has 0 bridgehead atoms. The van der Waals surface area contributed by atoms with Gasteiger partial charge < -0.3 is 5.32 Å². The van der Waals surface area contributed by atoms with Crippen LogP contribution in [-0.2, 0) is 0 Å². The van der Waals surface area contributed by atoms with Gasteiger partial charge in [0.1, 0.15) is 0 Å². The molecule has 0 radical (unpaired) electrons. The first-order valence-electron chi connectivity index (χ1n) is 2.47. The molecule has 0 spiro atoms. The molecule has 7 heavy (non-hydrogen) atoms. The van der Waals surface area contributed by atoms with Gasteiger partial charge >= 0.3 is 51.4 Å². The van der Waals surface area contributed by atoms with E-state index in [2.05, 4.69) is 5.32 Å². The molecular weight excluding hydrogens is 113 g/mol. The molecule has 0 amide bonds. The van der Waals surface area contributed by atoms with E-state index in [4.69, 9.17) is 0 Å². The van der Waals surface area contributed by atoms with Crippen molar-refractivity contribution in [3.05, 3.63) is 5.32 Å². The third-order valence-electron chi connectivity index (χ3n) is 0.316. The Morgan fingerprint density at radius 3 is 1.43 bits per heavy atom. The zero-order valence-corrected chi connectivity index (χ0v) is 9.28. The third kappa shape index (κ3) is 35.3. The SMILES string of the molecule is CC.CC[N-]C.[K+]. The maximum Gasteiger partial charge on any atom is 1.00 e. The minimum atomic E-state index is 0. The monoisotopic (exact) mass is 127 g/mol. The molecule has 0 aromatic heterocycles. The summed E-state index contributed by atoms with van der Waals surface area (Å²) in [6, 6.07) is 0. The summed E-state index contributed by atoms with van der Waals surface area (Å²) in [6.07, 6.45) is 0. The van der Waals surface area contributed by atoms with Gasteiger partial charge in [-0.25, -0.2) is 0 Å². The van der Waals surface area contributed by atoms with E-state index >= 15 is 0 Å². The Balaban J connectivity index is -0.0000000480. The van der Waals surface area contributed by atoms with Gasteiger partial charge in [0.05, 0.1) is 0 Å². The molecule has 0 saturated carbocycles. The van der Waals surface area contributed by atoms with Crippen LogP contribution in [0.4, 0.5) is 0 Å². The molecule has 0 aromatic rings. The minimum Gasteiger partial charge on any atom is -0.665 e. The zero-order chi connectivity index (χ0) is 5.41. The Labute approximate surface area is 89.7 Å². The van der Waals surface area contributed by atoms with Crippen LogP contribution in [0.2, 0.25) is 0 Å². The smallest absolute Gasteiger partial charge is 0.665 e. The van der Waals surface area contributed by atoms with Gasteiger partial charge in [-0.3, -0.25) is 0 Å². The van der Waals surface area contributed by atoms with Crippen LogP contribution < -0.4 is 51.4 Å². The first-order chi connectivity index (χ1) is 2.91. The minimum absolute atomic E-state index is 0. The van der Waals surface area contributed by atoms with Gasteiger partial charge in [-0.2, -0.15) is 13.6 Å². The summed E-state index contributed by atoms with van der Waals surface area (Å²) in [5.74, 6) is 0. The van der Waals surface area contributed by atoms with Crippen molar-refractivity contribution in [2.45, 2.75) is 20.8 Å². The molecule has 0 heterocycles. The number of hydrogen-bond donors (Lipinski definition) is 0. The van der Waals surface area contributed by atoms with E-state index in [1.807, 2.05) is 20.8 Å². The van der Waals surface area contributed by atoms with Crippen LogP contribution in [0.25, 0.3) is 5.32 Å². The van der Waals surface area contributed by atoms with Gasteiger partial charge in [0.15, 0.2) is 0 Å². The van der Waals surface area contributed by atoms with Gasteiger partial charge in [-0.05, 0) is 0 Å². The normalized spacial score (nSPS) is 5.14. The van der Waals surface area contributed by atoms with Crippen molar-refractivity contribution in [2.75, 3.05) is 13.6 Å². The zero-order valence-electron chi connectivity index (χ0n) is 6.15. The second-order valence-electron chi connectivity index (χ2n) is 0.632.